The zero-order chi connectivity index (χ0) is 12.5. The van der Waals surface area contributed by atoms with Gasteiger partial charge in [0.15, 0.2) is 5.67 Å². The number of aromatic nitrogens is 2. The molecular formula is C12H10FN3O. The van der Waals surface area contributed by atoms with Gasteiger partial charge in [0, 0.05) is 13.1 Å². The van der Waals surface area contributed by atoms with Gasteiger partial charge in [-0.3, -0.25) is 4.79 Å². The van der Waals surface area contributed by atoms with Gasteiger partial charge in [-0.05, 0) is 6.08 Å². The Balaban J connectivity index is 2.55. The van der Waals surface area contributed by atoms with Gasteiger partial charge in [0.2, 0.25) is 0 Å². The molecule has 1 aliphatic rings. The standard InChI is InChI=1S/C12H10FN3O/c1-16-8-15-10(6-11(16)17)12(13)5-3-2-4-9(12)7-14/h2-6,8-9H,1H3. The van der Waals surface area contributed by atoms with Crippen LogP contribution in [0, 0.1) is 17.2 Å². The Morgan fingerprint density at radius 2 is 2.35 bits per heavy atom. The van der Waals surface area contributed by atoms with E-state index in [1.165, 1.54) is 36.2 Å². The molecule has 0 N–H and O–H groups in total. The summed E-state index contributed by atoms with van der Waals surface area (Å²) in [6.07, 6.45) is 7.07. The van der Waals surface area contributed by atoms with Crippen LogP contribution in [0.25, 0.3) is 0 Å². The van der Waals surface area contributed by atoms with Crippen molar-refractivity contribution in [2.45, 2.75) is 5.67 Å². The summed E-state index contributed by atoms with van der Waals surface area (Å²) in [7, 11) is 1.53. The Kier molecular flexibility index (Phi) is 2.64. The van der Waals surface area contributed by atoms with E-state index in [2.05, 4.69) is 4.98 Å². The molecule has 0 radical (unpaired) electrons. The Morgan fingerprint density at radius 1 is 1.59 bits per heavy atom. The van der Waals surface area contributed by atoms with Crippen LogP contribution in [0.3, 0.4) is 0 Å². The van der Waals surface area contributed by atoms with Crippen molar-refractivity contribution in [1.29, 1.82) is 5.26 Å². The highest BCUT2D eigenvalue weighted by Gasteiger charge is 2.40. The average molecular weight is 231 g/mol. The van der Waals surface area contributed by atoms with Crippen LogP contribution in [-0.2, 0) is 12.7 Å². The zero-order valence-electron chi connectivity index (χ0n) is 9.17. The van der Waals surface area contributed by atoms with Crippen LogP contribution in [0.5, 0.6) is 0 Å². The molecule has 0 aliphatic heterocycles. The van der Waals surface area contributed by atoms with E-state index in [1.54, 1.807) is 6.08 Å². The summed E-state index contributed by atoms with van der Waals surface area (Å²) in [4.78, 5) is 15.3. The second-order valence-corrected chi connectivity index (χ2v) is 3.84. The predicted molar refractivity (Wildman–Crippen MR) is 59.6 cm³/mol. The van der Waals surface area contributed by atoms with Gasteiger partial charge in [-0.2, -0.15) is 5.26 Å². The molecule has 0 saturated heterocycles. The van der Waals surface area contributed by atoms with Crippen molar-refractivity contribution in [3.05, 3.63) is 52.7 Å². The van der Waals surface area contributed by atoms with Crippen LogP contribution in [0.1, 0.15) is 5.69 Å². The van der Waals surface area contributed by atoms with Gasteiger partial charge >= 0.3 is 0 Å². The fourth-order valence-corrected chi connectivity index (χ4v) is 1.67. The molecule has 0 aromatic carbocycles. The SMILES string of the molecule is Cn1cnc(C2(F)C=CC=CC2C#N)cc1=O. The molecule has 86 valence electrons. The number of hydrogen-bond acceptors (Lipinski definition) is 3. The van der Waals surface area contributed by atoms with E-state index in [-0.39, 0.29) is 11.3 Å². The summed E-state index contributed by atoms with van der Waals surface area (Å²) in [6, 6.07) is 2.98. The number of allylic oxidation sites excluding steroid dienone is 4. The summed E-state index contributed by atoms with van der Waals surface area (Å²) in [5, 5.41) is 8.93. The summed E-state index contributed by atoms with van der Waals surface area (Å²) in [5.41, 5.74) is -2.42. The van der Waals surface area contributed by atoms with Crippen molar-refractivity contribution in [1.82, 2.24) is 9.55 Å². The number of nitrogens with zero attached hydrogens (tertiary/aromatic N) is 3. The van der Waals surface area contributed by atoms with Crippen LogP contribution in [0.4, 0.5) is 4.39 Å². The second-order valence-electron chi connectivity index (χ2n) is 3.84. The first kappa shape index (κ1) is 11.3. The highest BCUT2D eigenvalue weighted by molar-refractivity contribution is 5.33. The van der Waals surface area contributed by atoms with Gasteiger partial charge in [-0.25, -0.2) is 9.37 Å². The number of rotatable bonds is 1. The van der Waals surface area contributed by atoms with Crippen LogP contribution in [0.15, 0.2) is 41.5 Å². The van der Waals surface area contributed by atoms with Crippen molar-refractivity contribution < 1.29 is 4.39 Å². The van der Waals surface area contributed by atoms with E-state index in [0.29, 0.717) is 0 Å². The van der Waals surface area contributed by atoms with Gasteiger partial charge in [-0.15, -0.1) is 0 Å². The lowest BCUT2D eigenvalue weighted by Crippen LogP contribution is -2.31. The topological polar surface area (TPSA) is 58.7 Å². The second kappa shape index (κ2) is 3.98. The van der Waals surface area contributed by atoms with Crippen LogP contribution in [-0.4, -0.2) is 9.55 Å². The smallest absolute Gasteiger partial charge is 0.253 e. The van der Waals surface area contributed by atoms with Gasteiger partial charge in [0.05, 0.1) is 18.1 Å². The van der Waals surface area contributed by atoms with E-state index in [9.17, 15) is 9.18 Å². The molecule has 4 nitrogen and oxygen atoms in total. The van der Waals surface area contributed by atoms with E-state index < -0.39 is 11.6 Å². The molecule has 5 heteroatoms. The lowest BCUT2D eigenvalue weighted by molar-refractivity contribution is 0.189. The Morgan fingerprint density at radius 3 is 3.00 bits per heavy atom. The van der Waals surface area contributed by atoms with Crippen molar-refractivity contribution in [2.24, 2.45) is 13.0 Å². The molecule has 1 aromatic heterocycles. The Bertz CT molecular complexity index is 597. The van der Waals surface area contributed by atoms with Gasteiger partial charge < -0.3 is 4.57 Å². The zero-order valence-corrected chi connectivity index (χ0v) is 9.17. The largest absolute Gasteiger partial charge is 0.302 e. The Labute approximate surface area is 97.3 Å². The number of halogens is 1. The fourth-order valence-electron chi connectivity index (χ4n) is 1.67. The van der Waals surface area contributed by atoms with Gasteiger partial charge in [0.25, 0.3) is 5.56 Å². The number of hydrogen-bond donors (Lipinski definition) is 0. The molecule has 1 heterocycles. The summed E-state index contributed by atoms with van der Waals surface area (Å²) in [5.74, 6) is -0.966. The quantitative estimate of drug-likeness (QED) is 0.730. The first-order chi connectivity index (χ1) is 8.08. The molecule has 0 fully saturated rings. The molecule has 17 heavy (non-hydrogen) atoms. The van der Waals surface area contributed by atoms with Crippen LogP contribution in [0.2, 0.25) is 0 Å². The molecule has 0 saturated carbocycles. The minimum atomic E-state index is -2.03. The molecular weight excluding hydrogens is 221 g/mol. The lowest BCUT2D eigenvalue weighted by Gasteiger charge is -2.25. The molecule has 1 aliphatic carbocycles. The monoisotopic (exact) mass is 231 g/mol. The third kappa shape index (κ3) is 1.78. The summed E-state index contributed by atoms with van der Waals surface area (Å²) < 4.78 is 16.0. The summed E-state index contributed by atoms with van der Waals surface area (Å²) >= 11 is 0. The highest BCUT2D eigenvalue weighted by atomic mass is 19.1. The minimum absolute atomic E-state index is 0.0345. The van der Waals surface area contributed by atoms with Gasteiger partial charge in [0.1, 0.15) is 5.92 Å². The fraction of sp³-hybridized carbons (Fsp3) is 0.250. The average Bonchev–Trinajstić information content (AvgIpc) is 2.33. The highest BCUT2D eigenvalue weighted by Crippen LogP contribution is 2.36. The normalized spacial score (nSPS) is 26.8. The first-order valence-electron chi connectivity index (χ1n) is 5.05. The van der Waals surface area contributed by atoms with E-state index in [1.807, 2.05) is 6.07 Å². The Hall–Kier alpha value is -2.22. The van der Waals surface area contributed by atoms with Crippen molar-refractivity contribution >= 4 is 0 Å². The first-order valence-corrected chi connectivity index (χ1v) is 5.05. The molecule has 0 amide bonds. The van der Waals surface area contributed by atoms with Crippen molar-refractivity contribution in [3.63, 3.8) is 0 Å². The maximum Gasteiger partial charge on any atom is 0.253 e. The predicted octanol–water partition coefficient (Wildman–Crippen LogP) is 1.21. The summed E-state index contributed by atoms with van der Waals surface area (Å²) in [6.45, 7) is 0. The van der Waals surface area contributed by atoms with E-state index >= 15 is 0 Å². The van der Waals surface area contributed by atoms with Gasteiger partial charge in [-0.1, -0.05) is 18.2 Å². The van der Waals surface area contributed by atoms with Crippen LogP contribution >= 0.6 is 0 Å². The lowest BCUT2D eigenvalue weighted by atomic mass is 9.84. The number of aryl methyl sites for hydroxylation is 1. The third-order valence-electron chi connectivity index (χ3n) is 2.72. The van der Waals surface area contributed by atoms with E-state index in [4.69, 9.17) is 5.26 Å². The van der Waals surface area contributed by atoms with E-state index in [0.717, 1.165) is 6.07 Å². The van der Waals surface area contributed by atoms with Crippen LogP contribution < -0.4 is 5.56 Å². The molecule has 1 aromatic rings. The number of nitriles is 1. The maximum absolute atomic E-state index is 14.7. The van der Waals surface area contributed by atoms with Crippen molar-refractivity contribution in [2.75, 3.05) is 0 Å². The number of alkyl halides is 1. The molecule has 2 unspecified atom stereocenters. The molecule has 0 bridgehead atoms. The molecule has 2 atom stereocenters. The molecule has 2 rings (SSSR count). The minimum Gasteiger partial charge on any atom is -0.302 e. The van der Waals surface area contributed by atoms with Crippen molar-refractivity contribution in [3.8, 4) is 6.07 Å². The third-order valence-corrected chi connectivity index (χ3v) is 2.72. The molecule has 0 spiro atoms. The maximum atomic E-state index is 14.7.